The number of unbranched alkanes of at least 4 members (excludes halogenated alkanes) is 2. The molecule has 1 aromatic carbocycles. The zero-order valence-electron chi connectivity index (χ0n) is 19.3. The Kier molecular flexibility index (Phi) is 7.34. The van der Waals surface area contributed by atoms with Gasteiger partial charge in [-0.15, -0.1) is 0 Å². The van der Waals surface area contributed by atoms with Gasteiger partial charge in [-0.2, -0.15) is 0 Å². The number of fused-ring (bicyclic) bond motifs is 1. The third-order valence-corrected chi connectivity index (χ3v) is 7.27. The van der Waals surface area contributed by atoms with Crippen LogP contribution in [0, 0.1) is 11.8 Å². The first-order valence-electron chi connectivity index (χ1n) is 12.2. The summed E-state index contributed by atoms with van der Waals surface area (Å²) in [4.78, 5) is 41.8. The van der Waals surface area contributed by atoms with E-state index in [1.165, 1.54) is 0 Å². The highest BCUT2D eigenvalue weighted by Gasteiger charge is 2.74. The van der Waals surface area contributed by atoms with Crippen molar-refractivity contribution in [3.63, 3.8) is 0 Å². The monoisotopic (exact) mass is 457 g/mol. The van der Waals surface area contributed by atoms with E-state index in [4.69, 9.17) is 9.84 Å². The van der Waals surface area contributed by atoms with Crippen LogP contribution in [0.5, 0.6) is 0 Å². The number of hydrogen-bond acceptors (Lipinski definition) is 5. The van der Waals surface area contributed by atoms with E-state index < -0.39 is 23.5 Å². The number of nitrogens with one attached hydrogen (secondary N) is 2. The van der Waals surface area contributed by atoms with Crippen molar-refractivity contribution < 1.29 is 24.2 Å². The summed E-state index contributed by atoms with van der Waals surface area (Å²) in [7, 11) is 0. The highest BCUT2D eigenvalue weighted by atomic mass is 16.5. The molecule has 3 N–H and O–H groups in total. The second-order valence-electron chi connectivity index (χ2n) is 9.37. The Labute approximate surface area is 195 Å². The summed E-state index contributed by atoms with van der Waals surface area (Å²) in [5.41, 5.74) is 0.0282. The van der Waals surface area contributed by atoms with Gasteiger partial charge in [0.1, 0.15) is 11.6 Å². The molecule has 2 unspecified atom stereocenters. The van der Waals surface area contributed by atoms with Gasteiger partial charge in [0, 0.05) is 26.2 Å². The van der Waals surface area contributed by atoms with Crippen molar-refractivity contribution in [2.45, 2.75) is 69.7 Å². The van der Waals surface area contributed by atoms with Crippen LogP contribution in [-0.2, 0) is 25.7 Å². The Balaban J connectivity index is 1.57. The maximum atomic E-state index is 13.6. The van der Waals surface area contributed by atoms with E-state index in [0.29, 0.717) is 45.3 Å². The van der Waals surface area contributed by atoms with Gasteiger partial charge in [0.05, 0.1) is 17.9 Å². The summed E-state index contributed by atoms with van der Waals surface area (Å²) in [6.07, 6.45) is 3.87. The van der Waals surface area contributed by atoms with Crippen LogP contribution < -0.4 is 10.6 Å². The predicted molar refractivity (Wildman–Crippen MR) is 122 cm³/mol. The third kappa shape index (κ3) is 4.38. The molecule has 0 radical (unpaired) electrons. The fourth-order valence-electron chi connectivity index (χ4n) is 5.81. The maximum absolute atomic E-state index is 13.6. The molecule has 3 fully saturated rings. The Morgan fingerprint density at radius 3 is 2.67 bits per heavy atom. The lowest BCUT2D eigenvalue weighted by atomic mass is 9.70. The Hall–Kier alpha value is -2.45. The molecule has 0 aromatic heterocycles. The van der Waals surface area contributed by atoms with E-state index in [-0.39, 0.29) is 30.4 Å². The molecule has 8 nitrogen and oxygen atoms in total. The second-order valence-corrected chi connectivity index (χ2v) is 9.37. The van der Waals surface area contributed by atoms with Crippen LogP contribution in [-0.4, -0.2) is 65.2 Å². The lowest BCUT2D eigenvalue weighted by Gasteiger charge is -2.33. The Morgan fingerprint density at radius 1 is 1.15 bits per heavy atom. The highest BCUT2D eigenvalue weighted by Crippen LogP contribution is 2.58. The van der Waals surface area contributed by atoms with Gasteiger partial charge >= 0.3 is 0 Å². The van der Waals surface area contributed by atoms with Gasteiger partial charge < -0.3 is 25.4 Å². The quantitative estimate of drug-likeness (QED) is 0.435. The number of carbonyl (C=O) groups excluding carboxylic acids is 3. The van der Waals surface area contributed by atoms with Crippen LogP contribution in [0.3, 0.4) is 0 Å². The molecule has 8 heteroatoms. The number of likely N-dealkylation sites (tertiary alicyclic amines) is 1. The molecule has 1 spiro atoms. The van der Waals surface area contributed by atoms with Gasteiger partial charge in [-0.1, -0.05) is 37.3 Å². The first kappa shape index (κ1) is 23.7. The second kappa shape index (κ2) is 10.2. The summed E-state index contributed by atoms with van der Waals surface area (Å²) in [6.45, 7) is 3.43. The van der Waals surface area contributed by atoms with Gasteiger partial charge in [0.2, 0.25) is 17.7 Å². The van der Waals surface area contributed by atoms with E-state index >= 15 is 0 Å². The number of amides is 3. The fraction of sp³-hybridized carbons (Fsp3) is 0.640. The minimum atomic E-state index is -0.951. The number of hydrogen-bond donors (Lipinski definition) is 3. The standard InChI is InChI=1S/C25H35N3O5/c1-2-13-26-22(30)19-18-11-12-25(33-18)20(19)24(32)28(14-7-4-8-15-29)21(25)23(31)27-16-17-9-5-3-6-10-17/h3,5-6,9-10,18-21,29H,2,4,7-8,11-16H2,1H3,(H,26,30)(H,27,31)/t18-,19+,20-,21?,25?/m0/s1. The molecule has 0 aliphatic carbocycles. The van der Waals surface area contributed by atoms with E-state index in [2.05, 4.69) is 10.6 Å². The van der Waals surface area contributed by atoms with E-state index in [0.717, 1.165) is 18.4 Å². The van der Waals surface area contributed by atoms with E-state index in [1.54, 1.807) is 4.90 Å². The molecule has 3 aliphatic rings. The number of rotatable bonds is 11. The first-order valence-corrected chi connectivity index (χ1v) is 12.2. The first-order chi connectivity index (χ1) is 16.0. The molecule has 3 amide bonds. The van der Waals surface area contributed by atoms with Gasteiger partial charge in [0.15, 0.2) is 0 Å². The lowest BCUT2D eigenvalue weighted by Crippen LogP contribution is -2.55. The summed E-state index contributed by atoms with van der Waals surface area (Å²) in [6, 6.07) is 8.90. The van der Waals surface area contributed by atoms with Gasteiger partial charge in [0.25, 0.3) is 0 Å². The minimum Gasteiger partial charge on any atom is -0.396 e. The predicted octanol–water partition coefficient (Wildman–Crippen LogP) is 1.37. The Morgan fingerprint density at radius 2 is 1.94 bits per heavy atom. The highest BCUT2D eigenvalue weighted by molar-refractivity contribution is 5.98. The maximum Gasteiger partial charge on any atom is 0.246 e. The molecule has 1 aromatic rings. The zero-order chi connectivity index (χ0) is 23.4. The number of carbonyl (C=O) groups is 3. The van der Waals surface area contributed by atoms with Crippen LogP contribution in [0.2, 0.25) is 0 Å². The Bertz CT molecular complexity index is 863. The van der Waals surface area contributed by atoms with Crippen molar-refractivity contribution in [3.05, 3.63) is 35.9 Å². The average Bonchev–Trinajstić information content (AvgIpc) is 3.47. The molecule has 3 heterocycles. The molecule has 33 heavy (non-hydrogen) atoms. The molecule has 5 atom stereocenters. The van der Waals surface area contributed by atoms with E-state index in [9.17, 15) is 14.4 Å². The lowest BCUT2D eigenvalue weighted by molar-refractivity contribution is -0.142. The van der Waals surface area contributed by atoms with Crippen LogP contribution >= 0.6 is 0 Å². The number of ether oxygens (including phenoxy) is 1. The smallest absolute Gasteiger partial charge is 0.246 e. The van der Waals surface area contributed by atoms with Crippen molar-refractivity contribution >= 4 is 17.7 Å². The number of aliphatic hydroxyl groups excluding tert-OH is 1. The molecular formula is C25H35N3O5. The molecule has 4 rings (SSSR count). The van der Waals surface area contributed by atoms with Crippen LogP contribution in [0.15, 0.2) is 30.3 Å². The molecule has 0 saturated carbocycles. The van der Waals surface area contributed by atoms with E-state index in [1.807, 2.05) is 37.3 Å². The number of nitrogens with zero attached hydrogens (tertiary/aromatic N) is 1. The number of aliphatic hydroxyl groups is 1. The summed E-state index contributed by atoms with van der Waals surface area (Å²) >= 11 is 0. The molecule has 3 saturated heterocycles. The fourth-order valence-corrected chi connectivity index (χ4v) is 5.81. The van der Waals surface area contributed by atoms with Gasteiger partial charge in [-0.25, -0.2) is 0 Å². The van der Waals surface area contributed by atoms with Crippen LogP contribution in [0.4, 0.5) is 0 Å². The van der Waals surface area contributed by atoms with Gasteiger partial charge in [-0.05, 0) is 44.1 Å². The molecule has 180 valence electrons. The van der Waals surface area contributed by atoms with Crippen molar-refractivity contribution in [1.82, 2.24) is 15.5 Å². The van der Waals surface area contributed by atoms with Crippen molar-refractivity contribution in [1.29, 1.82) is 0 Å². The number of benzene rings is 1. The largest absolute Gasteiger partial charge is 0.396 e. The van der Waals surface area contributed by atoms with Gasteiger partial charge in [-0.3, -0.25) is 14.4 Å². The minimum absolute atomic E-state index is 0.103. The van der Waals surface area contributed by atoms with Crippen molar-refractivity contribution in [2.24, 2.45) is 11.8 Å². The third-order valence-electron chi connectivity index (χ3n) is 7.27. The molecular weight excluding hydrogens is 422 g/mol. The SMILES string of the molecule is CCCNC(=O)[C@@H]1[C@@H]2CCC3(O2)C(C(=O)NCc2ccccc2)N(CCCCCO)C(=O)[C@H]13. The van der Waals surface area contributed by atoms with Crippen LogP contribution in [0.25, 0.3) is 0 Å². The van der Waals surface area contributed by atoms with Crippen molar-refractivity contribution in [3.8, 4) is 0 Å². The summed E-state index contributed by atoms with van der Waals surface area (Å²) < 4.78 is 6.39. The summed E-state index contributed by atoms with van der Waals surface area (Å²) in [5, 5.41) is 15.0. The average molecular weight is 458 g/mol. The topological polar surface area (TPSA) is 108 Å². The zero-order valence-corrected chi connectivity index (χ0v) is 19.3. The normalized spacial score (nSPS) is 29.9. The van der Waals surface area contributed by atoms with Crippen LogP contribution in [0.1, 0.15) is 51.0 Å². The molecule has 2 bridgehead atoms. The van der Waals surface area contributed by atoms with Crippen molar-refractivity contribution in [2.75, 3.05) is 19.7 Å². The molecule has 3 aliphatic heterocycles. The summed E-state index contributed by atoms with van der Waals surface area (Å²) in [5.74, 6) is -1.71.